The van der Waals surface area contributed by atoms with Crippen molar-refractivity contribution in [3.63, 3.8) is 0 Å². The third-order valence-electron chi connectivity index (χ3n) is 5.07. The van der Waals surface area contributed by atoms with Gasteiger partial charge < -0.3 is 15.4 Å². The van der Waals surface area contributed by atoms with Crippen molar-refractivity contribution < 1.29 is 14.3 Å². The topological polar surface area (TPSA) is 79.5 Å². The molecule has 0 radical (unpaired) electrons. The van der Waals surface area contributed by atoms with Crippen molar-refractivity contribution >= 4 is 17.6 Å². The molecular weight excluding hydrogens is 330 g/mol. The fourth-order valence-corrected chi connectivity index (χ4v) is 3.85. The first-order valence-corrected chi connectivity index (χ1v) is 8.62. The fourth-order valence-electron chi connectivity index (χ4n) is 3.85. The third-order valence-corrected chi connectivity index (χ3v) is 5.07. The van der Waals surface area contributed by atoms with Crippen molar-refractivity contribution in [2.24, 2.45) is 5.92 Å². The monoisotopic (exact) mass is 351 g/mol. The maximum absolute atomic E-state index is 13.2. The van der Waals surface area contributed by atoms with Gasteiger partial charge in [-0.25, -0.2) is 4.79 Å². The maximum Gasteiger partial charge on any atom is 0.318 e. The molecule has 2 bridgehead atoms. The molecule has 6 heteroatoms. The van der Waals surface area contributed by atoms with Crippen LogP contribution in [0.25, 0.3) is 0 Å². The molecule has 1 saturated heterocycles. The number of fused-ring (bicyclic) bond motifs is 4. The van der Waals surface area contributed by atoms with E-state index in [-0.39, 0.29) is 11.9 Å². The Morgan fingerprint density at radius 1 is 1.19 bits per heavy atom. The Labute approximate surface area is 151 Å². The number of urea groups is 1. The second-order valence-electron chi connectivity index (χ2n) is 7.11. The molecule has 0 saturated carbocycles. The molecule has 2 heterocycles. The van der Waals surface area contributed by atoms with Gasteiger partial charge in [0.25, 0.3) is 0 Å². The minimum Gasteiger partial charge on any atom is -0.467 e. The fraction of sp³-hybridized carbons (Fsp3) is 0.300. The smallest absolute Gasteiger partial charge is 0.318 e. The lowest BCUT2D eigenvalue weighted by atomic mass is 9.80. The van der Waals surface area contributed by atoms with E-state index in [0.29, 0.717) is 5.75 Å². The highest BCUT2D eigenvalue weighted by atomic mass is 16.5. The number of nitrogens with one attached hydrogen (secondary N) is 3. The number of carbonyl (C=O) groups is 2. The molecule has 2 aliphatic rings. The number of ether oxygens (including phenoxy) is 1. The van der Waals surface area contributed by atoms with E-state index in [4.69, 9.17) is 4.74 Å². The lowest BCUT2D eigenvalue weighted by Crippen LogP contribution is -2.70. The van der Waals surface area contributed by atoms with Gasteiger partial charge in [-0.1, -0.05) is 35.9 Å². The number of carbonyl (C=O) groups excluding carboxylic acids is 2. The summed E-state index contributed by atoms with van der Waals surface area (Å²) in [5.41, 5.74) is 2.56. The summed E-state index contributed by atoms with van der Waals surface area (Å²) in [6, 6.07) is 12.5. The average molecular weight is 351 g/mol. The van der Waals surface area contributed by atoms with Crippen molar-refractivity contribution in [2.75, 3.05) is 5.32 Å². The van der Waals surface area contributed by atoms with Crippen LogP contribution in [0, 0.1) is 19.8 Å². The minimum absolute atomic E-state index is 0.202. The van der Waals surface area contributed by atoms with Gasteiger partial charge in [0, 0.05) is 11.3 Å². The largest absolute Gasteiger partial charge is 0.467 e. The Hall–Kier alpha value is -3.02. The van der Waals surface area contributed by atoms with Crippen molar-refractivity contribution in [3.8, 4) is 5.75 Å². The molecule has 2 aliphatic heterocycles. The Morgan fingerprint density at radius 2 is 1.96 bits per heavy atom. The minimum atomic E-state index is -1.12. The number of para-hydroxylation sites is 1. The Morgan fingerprint density at radius 3 is 2.73 bits per heavy atom. The van der Waals surface area contributed by atoms with E-state index in [1.165, 1.54) is 0 Å². The van der Waals surface area contributed by atoms with Gasteiger partial charge in [0.1, 0.15) is 11.7 Å². The van der Waals surface area contributed by atoms with Crippen molar-refractivity contribution in [2.45, 2.75) is 32.5 Å². The van der Waals surface area contributed by atoms with Gasteiger partial charge in [0.2, 0.25) is 5.91 Å². The first-order valence-electron chi connectivity index (χ1n) is 8.62. The van der Waals surface area contributed by atoms with Crippen LogP contribution >= 0.6 is 0 Å². The summed E-state index contributed by atoms with van der Waals surface area (Å²) in [7, 11) is 0. The third kappa shape index (κ3) is 2.58. The number of hydrogen-bond acceptors (Lipinski definition) is 3. The quantitative estimate of drug-likeness (QED) is 0.778. The standard InChI is InChI=1S/C20H21N3O3/c1-11-8-9-14(12(2)10-11)21-18(24)16-17-13-6-4-5-7-15(13)26-20(16,3)23-19(25)22-17/h4-10,16-17H,1-3H3,(H,21,24)(H2,22,23,25). The molecule has 3 unspecified atom stereocenters. The second-order valence-corrected chi connectivity index (χ2v) is 7.11. The number of anilines is 1. The number of rotatable bonds is 2. The Bertz CT molecular complexity index is 911. The first kappa shape index (κ1) is 16.4. The molecule has 6 nitrogen and oxygen atoms in total. The summed E-state index contributed by atoms with van der Waals surface area (Å²) in [5, 5.41) is 8.65. The van der Waals surface area contributed by atoms with Crippen LogP contribution in [0.5, 0.6) is 5.75 Å². The van der Waals surface area contributed by atoms with Gasteiger partial charge in [-0.2, -0.15) is 0 Å². The van der Waals surface area contributed by atoms with Gasteiger partial charge >= 0.3 is 6.03 Å². The molecule has 3 amide bonds. The van der Waals surface area contributed by atoms with E-state index in [1.807, 2.05) is 56.3 Å². The highest BCUT2D eigenvalue weighted by Gasteiger charge is 2.55. The summed E-state index contributed by atoms with van der Waals surface area (Å²) in [4.78, 5) is 25.2. The Balaban J connectivity index is 1.71. The van der Waals surface area contributed by atoms with Gasteiger partial charge in [-0.15, -0.1) is 0 Å². The molecular formula is C20H21N3O3. The van der Waals surface area contributed by atoms with Crippen LogP contribution < -0.4 is 20.7 Å². The number of benzene rings is 2. The van der Waals surface area contributed by atoms with Gasteiger partial charge in [-0.05, 0) is 38.5 Å². The molecule has 0 aromatic heterocycles. The van der Waals surface area contributed by atoms with E-state index in [2.05, 4.69) is 16.0 Å². The highest BCUT2D eigenvalue weighted by Crippen LogP contribution is 2.45. The van der Waals surface area contributed by atoms with Crippen LogP contribution in [0.2, 0.25) is 0 Å². The summed E-state index contributed by atoms with van der Waals surface area (Å²) in [6.45, 7) is 5.70. The van der Waals surface area contributed by atoms with E-state index >= 15 is 0 Å². The maximum atomic E-state index is 13.2. The zero-order valence-corrected chi connectivity index (χ0v) is 14.9. The SMILES string of the molecule is Cc1ccc(NC(=O)C2C3NC(=O)NC2(C)Oc2ccccc23)c(C)c1. The van der Waals surface area contributed by atoms with E-state index in [9.17, 15) is 9.59 Å². The molecule has 4 rings (SSSR count). The highest BCUT2D eigenvalue weighted by molar-refractivity contribution is 5.96. The molecule has 3 atom stereocenters. The van der Waals surface area contributed by atoms with Crippen molar-refractivity contribution in [1.82, 2.24) is 10.6 Å². The molecule has 2 aromatic rings. The molecule has 134 valence electrons. The average Bonchev–Trinajstić information content (AvgIpc) is 2.56. The predicted octanol–water partition coefficient (Wildman–Crippen LogP) is 3.02. The first-order chi connectivity index (χ1) is 12.4. The van der Waals surface area contributed by atoms with Gasteiger partial charge in [0.05, 0.1) is 6.04 Å². The normalized spacial score (nSPS) is 26.0. The van der Waals surface area contributed by atoms with Gasteiger partial charge in [-0.3, -0.25) is 10.1 Å². The van der Waals surface area contributed by atoms with E-state index in [1.54, 1.807) is 6.92 Å². The molecule has 26 heavy (non-hydrogen) atoms. The Kier molecular flexibility index (Phi) is 3.64. The molecule has 1 fully saturated rings. The number of amides is 3. The number of aryl methyl sites for hydroxylation is 2. The van der Waals surface area contributed by atoms with Crippen molar-refractivity contribution in [3.05, 3.63) is 59.2 Å². The second kappa shape index (κ2) is 5.76. The molecule has 0 spiro atoms. The zero-order chi connectivity index (χ0) is 18.5. The summed E-state index contributed by atoms with van der Waals surface area (Å²) in [6.07, 6.45) is 0. The van der Waals surface area contributed by atoms with Gasteiger partial charge in [0.15, 0.2) is 5.72 Å². The zero-order valence-electron chi connectivity index (χ0n) is 14.9. The summed E-state index contributed by atoms with van der Waals surface area (Å²) >= 11 is 0. The van der Waals surface area contributed by atoms with E-state index in [0.717, 1.165) is 22.4 Å². The lowest BCUT2D eigenvalue weighted by Gasteiger charge is -2.49. The summed E-state index contributed by atoms with van der Waals surface area (Å²) < 4.78 is 6.05. The van der Waals surface area contributed by atoms with E-state index < -0.39 is 17.7 Å². The predicted molar refractivity (Wildman–Crippen MR) is 97.9 cm³/mol. The molecule has 3 N–H and O–H groups in total. The molecule has 0 aliphatic carbocycles. The van der Waals surface area contributed by atoms with Crippen molar-refractivity contribution in [1.29, 1.82) is 0 Å². The van der Waals surface area contributed by atoms with Crippen LogP contribution in [0.1, 0.15) is 29.7 Å². The van der Waals surface area contributed by atoms with Crippen LogP contribution in [0.4, 0.5) is 10.5 Å². The van der Waals surface area contributed by atoms with Crippen LogP contribution in [-0.2, 0) is 4.79 Å². The summed E-state index contributed by atoms with van der Waals surface area (Å²) in [5.74, 6) is -0.148. The molecule has 2 aromatic carbocycles. The van der Waals surface area contributed by atoms with Crippen LogP contribution in [0.3, 0.4) is 0 Å². The number of hydrogen-bond donors (Lipinski definition) is 3. The van der Waals surface area contributed by atoms with Crippen LogP contribution in [-0.4, -0.2) is 17.7 Å². The lowest BCUT2D eigenvalue weighted by molar-refractivity contribution is -0.133. The van der Waals surface area contributed by atoms with Crippen LogP contribution in [0.15, 0.2) is 42.5 Å².